The molecule has 4 nitrogen and oxygen atoms in total. The normalized spacial score (nSPS) is 16.1. The van der Waals surface area contributed by atoms with Crippen LogP contribution in [0.3, 0.4) is 0 Å². The first kappa shape index (κ1) is 12.5. The highest BCUT2D eigenvalue weighted by atomic mass is 32.1. The molecule has 5 heteroatoms. The summed E-state index contributed by atoms with van der Waals surface area (Å²) in [7, 11) is 0. The second-order valence-electron chi connectivity index (χ2n) is 4.01. The van der Waals surface area contributed by atoms with Gasteiger partial charge in [0.1, 0.15) is 6.61 Å². The average Bonchev–Trinajstić information content (AvgIpc) is 2.88. The van der Waals surface area contributed by atoms with Gasteiger partial charge in [-0.3, -0.25) is 4.79 Å². The molecule has 0 aromatic carbocycles. The second-order valence-corrected chi connectivity index (χ2v) is 5.04. The molecule has 2 rings (SSSR count). The molecule has 1 fully saturated rings. The first-order chi connectivity index (χ1) is 8.36. The number of hydrogen-bond acceptors (Lipinski definition) is 4. The minimum absolute atomic E-state index is 0.109. The minimum atomic E-state index is 0.109. The standard InChI is InChI=1S/C12H18N2O2S/c15-12(14-6-4-13-5-7-14)10-16-8-3-11-2-1-9-17-11/h1-2,9,13H,3-8,10H2. The first-order valence-corrected chi connectivity index (χ1v) is 6.83. The predicted molar refractivity (Wildman–Crippen MR) is 68.3 cm³/mol. The number of carbonyl (C=O) groups excluding carboxylic acids is 1. The van der Waals surface area contributed by atoms with Gasteiger partial charge >= 0.3 is 0 Å². The largest absolute Gasteiger partial charge is 0.371 e. The number of rotatable bonds is 5. The van der Waals surface area contributed by atoms with Crippen molar-refractivity contribution in [2.24, 2.45) is 0 Å². The molecule has 1 N–H and O–H groups in total. The Hall–Kier alpha value is -0.910. The van der Waals surface area contributed by atoms with Crippen molar-refractivity contribution >= 4 is 17.2 Å². The predicted octanol–water partition coefficient (Wildman–Crippen LogP) is 0.739. The summed E-state index contributed by atoms with van der Waals surface area (Å²) in [5, 5.41) is 5.28. The fraction of sp³-hybridized carbons (Fsp3) is 0.583. The number of piperazine rings is 1. The second kappa shape index (κ2) is 6.74. The molecule has 94 valence electrons. The number of thiophene rings is 1. The van der Waals surface area contributed by atoms with Crippen LogP contribution in [-0.2, 0) is 16.0 Å². The Morgan fingerprint density at radius 2 is 2.29 bits per heavy atom. The van der Waals surface area contributed by atoms with Crippen LogP contribution in [-0.4, -0.2) is 50.2 Å². The van der Waals surface area contributed by atoms with Gasteiger partial charge < -0.3 is 15.0 Å². The van der Waals surface area contributed by atoms with Crippen LogP contribution in [0, 0.1) is 0 Å². The van der Waals surface area contributed by atoms with Gasteiger partial charge in [0.15, 0.2) is 0 Å². The summed E-state index contributed by atoms with van der Waals surface area (Å²) in [5.74, 6) is 0.109. The summed E-state index contributed by atoms with van der Waals surface area (Å²) >= 11 is 1.73. The molecule has 1 aliphatic rings. The Labute approximate surface area is 106 Å². The summed E-state index contributed by atoms with van der Waals surface area (Å²) in [5.41, 5.74) is 0. The van der Waals surface area contributed by atoms with Crippen molar-refractivity contribution in [1.82, 2.24) is 10.2 Å². The van der Waals surface area contributed by atoms with Crippen LogP contribution in [0.15, 0.2) is 17.5 Å². The lowest BCUT2D eigenvalue weighted by molar-refractivity contribution is -0.136. The molecule has 1 amide bonds. The molecule has 2 heterocycles. The number of hydrogen-bond donors (Lipinski definition) is 1. The van der Waals surface area contributed by atoms with Crippen LogP contribution in [0.4, 0.5) is 0 Å². The molecule has 0 atom stereocenters. The monoisotopic (exact) mass is 254 g/mol. The number of nitrogens with one attached hydrogen (secondary N) is 1. The van der Waals surface area contributed by atoms with Crippen molar-refractivity contribution < 1.29 is 9.53 Å². The van der Waals surface area contributed by atoms with Gasteiger partial charge in [-0.1, -0.05) is 6.07 Å². The van der Waals surface area contributed by atoms with E-state index in [0.29, 0.717) is 6.61 Å². The van der Waals surface area contributed by atoms with Crippen molar-refractivity contribution in [3.05, 3.63) is 22.4 Å². The lowest BCUT2D eigenvalue weighted by atomic mass is 10.3. The van der Waals surface area contributed by atoms with Crippen LogP contribution in [0.1, 0.15) is 4.88 Å². The molecule has 1 saturated heterocycles. The SMILES string of the molecule is O=C(COCCc1cccs1)N1CCNCC1. The van der Waals surface area contributed by atoms with E-state index in [1.807, 2.05) is 11.0 Å². The van der Waals surface area contributed by atoms with E-state index in [0.717, 1.165) is 32.6 Å². The number of ether oxygens (including phenoxy) is 1. The van der Waals surface area contributed by atoms with Crippen molar-refractivity contribution in [3.63, 3.8) is 0 Å². The topological polar surface area (TPSA) is 41.6 Å². The smallest absolute Gasteiger partial charge is 0.248 e. The molecule has 1 aromatic heterocycles. The van der Waals surface area contributed by atoms with Crippen molar-refractivity contribution in [1.29, 1.82) is 0 Å². The van der Waals surface area contributed by atoms with Crippen LogP contribution < -0.4 is 5.32 Å². The average molecular weight is 254 g/mol. The Kier molecular flexibility index (Phi) is 4.97. The van der Waals surface area contributed by atoms with E-state index in [1.165, 1.54) is 4.88 Å². The highest BCUT2D eigenvalue weighted by molar-refractivity contribution is 7.09. The van der Waals surface area contributed by atoms with Gasteiger partial charge in [0.25, 0.3) is 0 Å². The minimum Gasteiger partial charge on any atom is -0.371 e. The van der Waals surface area contributed by atoms with E-state index in [1.54, 1.807) is 11.3 Å². The van der Waals surface area contributed by atoms with Crippen LogP contribution >= 0.6 is 11.3 Å². The lowest BCUT2D eigenvalue weighted by Crippen LogP contribution is -2.47. The Balaban J connectivity index is 1.59. The first-order valence-electron chi connectivity index (χ1n) is 5.95. The van der Waals surface area contributed by atoms with Gasteiger partial charge in [-0.15, -0.1) is 11.3 Å². The van der Waals surface area contributed by atoms with E-state index < -0.39 is 0 Å². The molecule has 1 aromatic rings. The molecule has 0 radical (unpaired) electrons. The molecule has 17 heavy (non-hydrogen) atoms. The summed E-state index contributed by atoms with van der Waals surface area (Å²) in [6.45, 7) is 4.21. The summed E-state index contributed by atoms with van der Waals surface area (Å²) in [6, 6.07) is 4.12. The molecular formula is C12H18N2O2S. The van der Waals surface area contributed by atoms with Gasteiger partial charge in [-0.2, -0.15) is 0 Å². The van der Waals surface area contributed by atoms with Crippen LogP contribution in [0.5, 0.6) is 0 Å². The van der Waals surface area contributed by atoms with Crippen molar-refractivity contribution in [3.8, 4) is 0 Å². The molecule has 0 unspecified atom stereocenters. The van der Waals surface area contributed by atoms with E-state index in [4.69, 9.17) is 4.74 Å². The molecule has 0 spiro atoms. The summed E-state index contributed by atoms with van der Waals surface area (Å²) in [4.78, 5) is 14.9. The van der Waals surface area contributed by atoms with Gasteiger partial charge in [0.05, 0.1) is 6.61 Å². The summed E-state index contributed by atoms with van der Waals surface area (Å²) < 4.78 is 5.42. The number of nitrogens with zero attached hydrogens (tertiary/aromatic N) is 1. The van der Waals surface area contributed by atoms with Gasteiger partial charge in [0.2, 0.25) is 5.91 Å². The maximum absolute atomic E-state index is 11.7. The third kappa shape index (κ3) is 4.11. The van der Waals surface area contributed by atoms with Crippen molar-refractivity contribution in [2.75, 3.05) is 39.4 Å². The fourth-order valence-electron chi connectivity index (χ4n) is 1.79. The fourth-order valence-corrected chi connectivity index (χ4v) is 2.48. The third-order valence-corrected chi connectivity index (χ3v) is 3.70. The lowest BCUT2D eigenvalue weighted by Gasteiger charge is -2.27. The Morgan fingerprint density at radius 3 is 3.00 bits per heavy atom. The van der Waals surface area contributed by atoms with Crippen LogP contribution in [0.2, 0.25) is 0 Å². The van der Waals surface area contributed by atoms with E-state index in [2.05, 4.69) is 16.8 Å². The van der Waals surface area contributed by atoms with Crippen molar-refractivity contribution in [2.45, 2.75) is 6.42 Å². The molecular weight excluding hydrogens is 236 g/mol. The molecule has 0 aliphatic carbocycles. The third-order valence-electron chi connectivity index (χ3n) is 2.77. The zero-order valence-corrected chi connectivity index (χ0v) is 10.7. The van der Waals surface area contributed by atoms with Crippen LogP contribution in [0.25, 0.3) is 0 Å². The maximum Gasteiger partial charge on any atom is 0.248 e. The highest BCUT2D eigenvalue weighted by Gasteiger charge is 2.15. The molecule has 1 aliphatic heterocycles. The zero-order chi connectivity index (χ0) is 11.9. The van der Waals surface area contributed by atoms with Gasteiger partial charge in [-0.25, -0.2) is 0 Å². The van der Waals surface area contributed by atoms with Gasteiger partial charge in [0, 0.05) is 37.5 Å². The number of carbonyl (C=O) groups is 1. The summed E-state index contributed by atoms with van der Waals surface area (Å²) in [6.07, 6.45) is 0.895. The highest BCUT2D eigenvalue weighted by Crippen LogP contribution is 2.08. The Bertz CT molecular complexity index is 334. The molecule has 0 saturated carbocycles. The van der Waals surface area contributed by atoms with E-state index >= 15 is 0 Å². The zero-order valence-electron chi connectivity index (χ0n) is 9.85. The van der Waals surface area contributed by atoms with Gasteiger partial charge in [-0.05, 0) is 11.4 Å². The quantitative estimate of drug-likeness (QED) is 0.788. The van der Waals surface area contributed by atoms with E-state index in [9.17, 15) is 4.79 Å². The van der Waals surface area contributed by atoms with E-state index in [-0.39, 0.29) is 12.5 Å². The number of amides is 1. The molecule has 0 bridgehead atoms. The Morgan fingerprint density at radius 1 is 1.47 bits per heavy atom. The maximum atomic E-state index is 11.7.